The highest BCUT2D eigenvalue weighted by molar-refractivity contribution is 5.94. The standard InChI is InChI=1S/C20H17N7O3/c28-19-16(9-14-10-21-12-22-18(14)23-19)17-11-27(25-24-17)15-3-1-13(2-4-15)20(29)26-5-7-30-8-6-26/h1-4,9-12H,5-8H2,(H,21,22,23,28). The summed E-state index contributed by atoms with van der Waals surface area (Å²) in [4.78, 5) is 37.5. The minimum Gasteiger partial charge on any atom is -0.378 e. The first-order valence-electron chi connectivity index (χ1n) is 9.42. The van der Waals surface area contributed by atoms with Gasteiger partial charge in [-0.15, -0.1) is 5.10 Å². The van der Waals surface area contributed by atoms with Crippen LogP contribution in [0, 0.1) is 0 Å². The van der Waals surface area contributed by atoms with Gasteiger partial charge in [-0.3, -0.25) is 9.59 Å². The van der Waals surface area contributed by atoms with Gasteiger partial charge in [0.25, 0.3) is 11.5 Å². The fourth-order valence-corrected chi connectivity index (χ4v) is 3.36. The van der Waals surface area contributed by atoms with Gasteiger partial charge in [0, 0.05) is 30.2 Å². The van der Waals surface area contributed by atoms with Crippen LogP contribution in [0.4, 0.5) is 0 Å². The van der Waals surface area contributed by atoms with Crippen LogP contribution in [0.2, 0.25) is 0 Å². The van der Waals surface area contributed by atoms with E-state index in [0.717, 1.165) is 5.69 Å². The summed E-state index contributed by atoms with van der Waals surface area (Å²) < 4.78 is 6.85. The Morgan fingerprint density at radius 3 is 2.73 bits per heavy atom. The third-order valence-corrected chi connectivity index (χ3v) is 4.96. The lowest BCUT2D eigenvalue weighted by molar-refractivity contribution is 0.0303. The van der Waals surface area contributed by atoms with E-state index in [4.69, 9.17) is 4.74 Å². The number of aromatic amines is 1. The molecular formula is C20H17N7O3. The van der Waals surface area contributed by atoms with Crippen LogP contribution in [-0.4, -0.2) is 67.1 Å². The molecule has 4 aromatic rings. The molecular weight excluding hydrogens is 386 g/mol. The Hall–Kier alpha value is -3.92. The third kappa shape index (κ3) is 3.33. The van der Waals surface area contributed by atoms with Crippen molar-refractivity contribution in [3.63, 3.8) is 0 Å². The van der Waals surface area contributed by atoms with Crippen LogP contribution in [0.1, 0.15) is 10.4 Å². The van der Waals surface area contributed by atoms with Gasteiger partial charge in [0.15, 0.2) is 0 Å². The predicted octanol–water partition coefficient (Wildman–Crippen LogP) is 1.04. The van der Waals surface area contributed by atoms with Gasteiger partial charge in [0.1, 0.15) is 17.7 Å². The number of nitrogens with one attached hydrogen (secondary N) is 1. The van der Waals surface area contributed by atoms with E-state index < -0.39 is 0 Å². The second-order valence-electron chi connectivity index (χ2n) is 6.84. The first kappa shape index (κ1) is 18.1. The van der Waals surface area contributed by atoms with Crippen molar-refractivity contribution in [1.82, 2.24) is 34.8 Å². The van der Waals surface area contributed by atoms with Crippen molar-refractivity contribution in [2.75, 3.05) is 26.3 Å². The van der Waals surface area contributed by atoms with E-state index >= 15 is 0 Å². The van der Waals surface area contributed by atoms with Crippen LogP contribution in [0.15, 0.2) is 53.8 Å². The van der Waals surface area contributed by atoms with Crippen molar-refractivity contribution < 1.29 is 9.53 Å². The maximum Gasteiger partial charge on any atom is 0.259 e. The Kier molecular flexibility index (Phi) is 4.52. The van der Waals surface area contributed by atoms with Gasteiger partial charge in [-0.2, -0.15) is 0 Å². The van der Waals surface area contributed by atoms with Gasteiger partial charge in [0.05, 0.1) is 30.7 Å². The minimum absolute atomic E-state index is 0.0194. The van der Waals surface area contributed by atoms with E-state index in [0.29, 0.717) is 54.2 Å². The highest BCUT2D eigenvalue weighted by Gasteiger charge is 2.18. The van der Waals surface area contributed by atoms with Crippen LogP contribution in [0.5, 0.6) is 0 Å². The number of ether oxygens (including phenoxy) is 1. The zero-order valence-electron chi connectivity index (χ0n) is 15.9. The second-order valence-corrected chi connectivity index (χ2v) is 6.84. The summed E-state index contributed by atoms with van der Waals surface area (Å²) in [6.45, 7) is 2.31. The number of benzene rings is 1. The van der Waals surface area contributed by atoms with Gasteiger partial charge in [-0.05, 0) is 30.3 Å². The topological polar surface area (TPSA) is 119 Å². The molecule has 0 aliphatic carbocycles. The van der Waals surface area contributed by atoms with E-state index in [2.05, 4.69) is 25.3 Å². The summed E-state index contributed by atoms with van der Waals surface area (Å²) in [5.74, 6) is -0.0194. The number of carbonyl (C=O) groups is 1. The van der Waals surface area contributed by atoms with Gasteiger partial charge in [-0.25, -0.2) is 14.6 Å². The number of carbonyl (C=O) groups excluding carboxylic acids is 1. The maximum absolute atomic E-state index is 12.6. The first-order chi connectivity index (χ1) is 14.7. The number of rotatable bonds is 3. The normalized spacial score (nSPS) is 14.2. The molecule has 5 rings (SSSR count). The molecule has 30 heavy (non-hydrogen) atoms. The Morgan fingerprint density at radius 1 is 1.13 bits per heavy atom. The molecule has 1 aliphatic rings. The lowest BCUT2D eigenvalue weighted by Crippen LogP contribution is -2.40. The number of amides is 1. The largest absolute Gasteiger partial charge is 0.378 e. The number of aromatic nitrogens is 6. The number of nitrogens with zero attached hydrogens (tertiary/aromatic N) is 6. The molecule has 1 N–H and O–H groups in total. The van der Waals surface area contributed by atoms with E-state index in [9.17, 15) is 9.59 Å². The second kappa shape index (κ2) is 7.48. The lowest BCUT2D eigenvalue weighted by Gasteiger charge is -2.26. The van der Waals surface area contributed by atoms with Crippen molar-refractivity contribution in [3.8, 4) is 16.9 Å². The van der Waals surface area contributed by atoms with Crippen molar-refractivity contribution in [2.45, 2.75) is 0 Å². The molecule has 10 heteroatoms. The number of morpholine rings is 1. The molecule has 10 nitrogen and oxygen atoms in total. The quantitative estimate of drug-likeness (QED) is 0.543. The molecule has 1 saturated heterocycles. The summed E-state index contributed by atoms with van der Waals surface area (Å²) in [5, 5.41) is 8.95. The molecule has 1 aromatic carbocycles. The number of hydrogen-bond donors (Lipinski definition) is 1. The average molecular weight is 403 g/mol. The maximum atomic E-state index is 12.6. The van der Waals surface area contributed by atoms with Crippen LogP contribution in [0.25, 0.3) is 28.0 Å². The van der Waals surface area contributed by atoms with Gasteiger partial charge < -0.3 is 14.6 Å². The SMILES string of the molecule is O=C(c1ccc(-n2cc(-c3cc4cncnc4[nH]c3=O)nn2)cc1)N1CCOCC1. The van der Waals surface area contributed by atoms with E-state index in [1.807, 2.05) is 0 Å². The van der Waals surface area contributed by atoms with E-state index in [-0.39, 0.29) is 11.5 Å². The summed E-state index contributed by atoms with van der Waals surface area (Å²) in [7, 11) is 0. The lowest BCUT2D eigenvalue weighted by atomic mass is 10.1. The first-order valence-corrected chi connectivity index (χ1v) is 9.42. The van der Waals surface area contributed by atoms with Crippen LogP contribution >= 0.6 is 0 Å². The number of hydrogen-bond acceptors (Lipinski definition) is 7. The molecule has 0 bridgehead atoms. The molecule has 0 saturated carbocycles. The fourth-order valence-electron chi connectivity index (χ4n) is 3.36. The molecule has 0 unspecified atom stereocenters. The molecule has 4 heterocycles. The highest BCUT2D eigenvalue weighted by Crippen LogP contribution is 2.18. The van der Waals surface area contributed by atoms with Crippen molar-refractivity contribution in [3.05, 3.63) is 65.0 Å². The number of H-pyrrole nitrogens is 1. The van der Waals surface area contributed by atoms with Crippen LogP contribution in [-0.2, 0) is 4.74 Å². The summed E-state index contributed by atoms with van der Waals surface area (Å²) in [6, 6.07) is 8.80. The molecule has 0 spiro atoms. The number of pyridine rings is 1. The molecule has 1 aliphatic heterocycles. The highest BCUT2D eigenvalue weighted by atomic mass is 16.5. The smallest absolute Gasteiger partial charge is 0.259 e. The molecule has 3 aromatic heterocycles. The summed E-state index contributed by atoms with van der Waals surface area (Å²) in [6.07, 6.45) is 4.66. The summed E-state index contributed by atoms with van der Waals surface area (Å²) >= 11 is 0. The number of fused-ring (bicyclic) bond motifs is 1. The Balaban J connectivity index is 1.41. The zero-order chi connectivity index (χ0) is 20.5. The average Bonchev–Trinajstić information content (AvgIpc) is 3.29. The third-order valence-electron chi connectivity index (χ3n) is 4.96. The van der Waals surface area contributed by atoms with Crippen molar-refractivity contribution >= 4 is 16.9 Å². The van der Waals surface area contributed by atoms with Gasteiger partial charge >= 0.3 is 0 Å². The molecule has 1 fully saturated rings. The van der Waals surface area contributed by atoms with E-state index in [1.54, 1.807) is 52.3 Å². The Morgan fingerprint density at radius 2 is 1.93 bits per heavy atom. The molecule has 0 radical (unpaired) electrons. The van der Waals surface area contributed by atoms with Gasteiger partial charge in [-0.1, -0.05) is 5.21 Å². The van der Waals surface area contributed by atoms with E-state index in [1.165, 1.54) is 6.33 Å². The van der Waals surface area contributed by atoms with Gasteiger partial charge in [0.2, 0.25) is 0 Å². The molecule has 1 amide bonds. The Bertz CT molecular complexity index is 1270. The molecule has 150 valence electrons. The monoisotopic (exact) mass is 403 g/mol. The fraction of sp³-hybridized carbons (Fsp3) is 0.200. The zero-order valence-corrected chi connectivity index (χ0v) is 15.9. The summed E-state index contributed by atoms with van der Waals surface area (Å²) in [5.41, 5.74) is 2.30. The minimum atomic E-state index is -0.306. The van der Waals surface area contributed by atoms with Crippen LogP contribution < -0.4 is 5.56 Å². The van der Waals surface area contributed by atoms with Crippen LogP contribution in [0.3, 0.4) is 0 Å². The van der Waals surface area contributed by atoms with Crippen molar-refractivity contribution in [2.24, 2.45) is 0 Å². The predicted molar refractivity (Wildman–Crippen MR) is 107 cm³/mol. The van der Waals surface area contributed by atoms with Crippen molar-refractivity contribution in [1.29, 1.82) is 0 Å². The molecule has 0 atom stereocenters. The Labute approximate surface area is 170 Å².